The summed E-state index contributed by atoms with van der Waals surface area (Å²) in [5, 5.41) is 12.2. The fourth-order valence-corrected chi connectivity index (χ4v) is 1.38. The summed E-state index contributed by atoms with van der Waals surface area (Å²) in [7, 11) is 0. The van der Waals surface area contributed by atoms with E-state index in [1.807, 2.05) is 0 Å². The minimum Gasteiger partial charge on any atom is -0.491 e. The zero-order valence-corrected chi connectivity index (χ0v) is 10.3. The summed E-state index contributed by atoms with van der Waals surface area (Å²) in [5.41, 5.74) is 0.205. The van der Waals surface area contributed by atoms with Crippen molar-refractivity contribution in [2.45, 2.75) is 26.3 Å². The van der Waals surface area contributed by atoms with Crippen molar-refractivity contribution < 1.29 is 14.6 Å². The number of benzene rings is 1. The molecule has 1 unspecified atom stereocenters. The van der Waals surface area contributed by atoms with Gasteiger partial charge in [-0.25, -0.2) is 4.79 Å². The molecule has 1 aromatic rings. The number of ether oxygens (including phenoxy) is 1. The number of carboxylic acid groups (broad SMARTS) is 1. The SMILES string of the molecule is CCC(C)NCCOc1ccccc1C(=O)O. The molecule has 17 heavy (non-hydrogen) atoms. The van der Waals surface area contributed by atoms with E-state index in [0.717, 1.165) is 6.42 Å². The molecule has 94 valence electrons. The molecule has 0 aliphatic carbocycles. The molecule has 0 aliphatic heterocycles. The van der Waals surface area contributed by atoms with Crippen LogP contribution in [-0.2, 0) is 0 Å². The Hall–Kier alpha value is -1.55. The highest BCUT2D eigenvalue weighted by Crippen LogP contribution is 2.17. The molecule has 0 aliphatic rings. The highest BCUT2D eigenvalue weighted by Gasteiger charge is 2.09. The van der Waals surface area contributed by atoms with Gasteiger partial charge in [-0.1, -0.05) is 19.1 Å². The predicted octanol–water partition coefficient (Wildman–Crippen LogP) is 2.15. The lowest BCUT2D eigenvalue weighted by Crippen LogP contribution is -2.29. The number of carboxylic acids is 1. The molecule has 0 aromatic heterocycles. The normalized spacial score (nSPS) is 12.1. The average molecular weight is 237 g/mol. The lowest BCUT2D eigenvalue weighted by atomic mass is 10.2. The molecular formula is C13H19NO3. The van der Waals surface area contributed by atoms with Gasteiger partial charge in [0.25, 0.3) is 0 Å². The van der Waals surface area contributed by atoms with Crippen molar-refractivity contribution in [2.75, 3.05) is 13.2 Å². The van der Waals surface area contributed by atoms with Crippen LogP contribution >= 0.6 is 0 Å². The van der Waals surface area contributed by atoms with Crippen LogP contribution in [0.3, 0.4) is 0 Å². The number of carbonyl (C=O) groups is 1. The van der Waals surface area contributed by atoms with E-state index >= 15 is 0 Å². The number of para-hydroxylation sites is 1. The molecule has 0 spiro atoms. The number of nitrogens with one attached hydrogen (secondary N) is 1. The van der Waals surface area contributed by atoms with Crippen LogP contribution in [0.15, 0.2) is 24.3 Å². The Morgan fingerprint density at radius 3 is 2.82 bits per heavy atom. The summed E-state index contributed by atoms with van der Waals surface area (Å²) in [6, 6.07) is 7.12. The van der Waals surface area contributed by atoms with Gasteiger partial charge in [0.05, 0.1) is 0 Å². The van der Waals surface area contributed by atoms with Crippen LogP contribution in [0.2, 0.25) is 0 Å². The van der Waals surface area contributed by atoms with Crippen LogP contribution in [0.5, 0.6) is 5.75 Å². The van der Waals surface area contributed by atoms with E-state index in [2.05, 4.69) is 19.2 Å². The summed E-state index contributed by atoms with van der Waals surface area (Å²) in [4.78, 5) is 10.9. The van der Waals surface area contributed by atoms with E-state index in [0.29, 0.717) is 24.9 Å². The second-order valence-electron chi connectivity index (χ2n) is 3.91. The second-order valence-corrected chi connectivity index (χ2v) is 3.91. The number of hydrogen-bond donors (Lipinski definition) is 2. The third-order valence-electron chi connectivity index (χ3n) is 2.58. The van der Waals surface area contributed by atoms with Crippen molar-refractivity contribution in [2.24, 2.45) is 0 Å². The summed E-state index contributed by atoms with van der Waals surface area (Å²) >= 11 is 0. The van der Waals surface area contributed by atoms with Gasteiger partial charge in [0, 0.05) is 12.6 Å². The van der Waals surface area contributed by atoms with Crippen molar-refractivity contribution in [3.05, 3.63) is 29.8 Å². The Bertz CT molecular complexity index is 365. The Morgan fingerprint density at radius 2 is 2.18 bits per heavy atom. The van der Waals surface area contributed by atoms with Gasteiger partial charge >= 0.3 is 5.97 Å². The average Bonchev–Trinajstić information content (AvgIpc) is 2.34. The topological polar surface area (TPSA) is 58.6 Å². The maximum Gasteiger partial charge on any atom is 0.339 e. The third kappa shape index (κ3) is 4.44. The molecule has 4 heteroatoms. The molecular weight excluding hydrogens is 218 g/mol. The van der Waals surface area contributed by atoms with Gasteiger partial charge in [-0.05, 0) is 25.5 Å². The first kappa shape index (κ1) is 13.5. The quantitative estimate of drug-likeness (QED) is 0.713. The van der Waals surface area contributed by atoms with Crippen molar-refractivity contribution >= 4 is 5.97 Å². The summed E-state index contributed by atoms with van der Waals surface area (Å²) in [6.45, 7) is 5.39. The van der Waals surface area contributed by atoms with Crippen LogP contribution < -0.4 is 10.1 Å². The molecule has 1 rings (SSSR count). The van der Waals surface area contributed by atoms with Gasteiger partial charge in [0.1, 0.15) is 17.9 Å². The Kier molecular flexibility index (Phi) is 5.49. The number of rotatable bonds is 7. The van der Waals surface area contributed by atoms with Crippen LogP contribution in [0, 0.1) is 0 Å². The molecule has 0 radical (unpaired) electrons. The van der Waals surface area contributed by atoms with Gasteiger partial charge in [-0.3, -0.25) is 0 Å². The maximum absolute atomic E-state index is 10.9. The minimum atomic E-state index is -0.963. The van der Waals surface area contributed by atoms with Crippen LogP contribution in [0.4, 0.5) is 0 Å². The highest BCUT2D eigenvalue weighted by molar-refractivity contribution is 5.90. The maximum atomic E-state index is 10.9. The van der Waals surface area contributed by atoms with E-state index in [-0.39, 0.29) is 5.56 Å². The van der Waals surface area contributed by atoms with Crippen molar-refractivity contribution in [1.29, 1.82) is 0 Å². The molecule has 0 heterocycles. The van der Waals surface area contributed by atoms with Crippen molar-refractivity contribution in [1.82, 2.24) is 5.32 Å². The van der Waals surface area contributed by atoms with Crippen LogP contribution in [0.1, 0.15) is 30.6 Å². The molecule has 0 saturated heterocycles. The molecule has 1 aromatic carbocycles. The predicted molar refractivity (Wildman–Crippen MR) is 66.7 cm³/mol. The van der Waals surface area contributed by atoms with Crippen LogP contribution in [0.25, 0.3) is 0 Å². The minimum absolute atomic E-state index is 0.205. The van der Waals surface area contributed by atoms with Crippen molar-refractivity contribution in [3.8, 4) is 5.75 Å². The van der Waals surface area contributed by atoms with E-state index in [1.165, 1.54) is 0 Å². The lowest BCUT2D eigenvalue weighted by molar-refractivity contribution is 0.0692. The van der Waals surface area contributed by atoms with Gasteiger partial charge < -0.3 is 15.2 Å². The third-order valence-corrected chi connectivity index (χ3v) is 2.58. The molecule has 0 saturated carbocycles. The molecule has 0 fully saturated rings. The monoisotopic (exact) mass is 237 g/mol. The fraction of sp³-hybridized carbons (Fsp3) is 0.462. The van der Waals surface area contributed by atoms with E-state index in [4.69, 9.17) is 9.84 Å². The Balaban J connectivity index is 2.44. The molecule has 0 amide bonds. The Labute approximate surface area is 102 Å². The standard InChI is InChI=1S/C13H19NO3/c1-3-10(2)14-8-9-17-12-7-5-4-6-11(12)13(15)16/h4-7,10,14H,3,8-9H2,1-2H3,(H,15,16). The first-order chi connectivity index (χ1) is 8.15. The second kappa shape index (κ2) is 6.91. The zero-order chi connectivity index (χ0) is 12.7. The van der Waals surface area contributed by atoms with Crippen LogP contribution in [-0.4, -0.2) is 30.3 Å². The lowest BCUT2D eigenvalue weighted by Gasteiger charge is -2.12. The Morgan fingerprint density at radius 1 is 1.47 bits per heavy atom. The van der Waals surface area contributed by atoms with Crippen molar-refractivity contribution in [3.63, 3.8) is 0 Å². The highest BCUT2D eigenvalue weighted by atomic mass is 16.5. The summed E-state index contributed by atoms with van der Waals surface area (Å²) in [6.07, 6.45) is 1.06. The van der Waals surface area contributed by atoms with E-state index in [9.17, 15) is 4.79 Å². The molecule has 0 bridgehead atoms. The van der Waals surface area contributed by atoms with Gasteiger partial charge in [-0.15, -0.1) is 0 Å². The zero-order valence-electron chi connectivity index (χ0n) is 10.3. The first-order valence-electron chi connectivity index (χ1n) is 5.83. The smallest absolute Gasteiger partial charge is 0.339 e. The summed E-state index contributed by atoms with van der Waals surface area (Å²) in [5.74, 6) is -0.540. The molecule has 1 atom stereocenters. The largest absolute Gasteiger partial charge is 0.491 e. The van der Waals surface area contributed by atoms with Gasteiger partial charge in [0.15, 0.2) is 0 Å². The number of aromatic carboxylic acids is 1. The summed E-state index contributed by atoms with van der Waals surface area (Å²) < 4.78 is 5.45. The van der Waals surface area contributed by atoms with E-state index < -0.39 is 5.97 Å². The van der Waals surface area contributed by atoms with E-state index in [1.54, 1.807) is 24.3 Å². The number of hydrogen-bond acceptors (Lipinski definition) is 3. The molecule has 2 N–H and O–H groups in total. The first-order valence-corrected chi connectivity index (χ1v) is 5.83. The van der Waals surface area contributed by atoms with Gasteiger partial charge in [0.2, 0.25) is 0 Å². The molecule has 4 nitrogen and oxygen atoms in total. The fourth-order valence-electron chi connectivity index (χ4n) is 1.38. The van der Waals surface area contributed by atoms with Gasteiger partial charge in [-0.2, -0.15) is 0 Å².